The number of anilines is 1. The second-order valence-corrected chi connectivity index (χ2v) is 5.67. The minimum atomic E-state index is -3.65. The van der Waals surface area contributed by atoms with E-state index in [0.717, 1.165) is 5.56 Å². The second kappa shape index (κ2) is 5.33. The van der Waals surface area contributed by atoms with Crippen LogP contribution in [0, 0.1) is 6.92 Å². The molecule has 0 unspecified atom stereocenters. The van der Waals surface area contributed by atoms with E-state index in [-0.39, 0.29) is 11.4 Å². The lowest BCUT2D eigenvalue weighted by Crippen LogP contribution is -2.14. The Bertz CT molecular complexity index is 668. The van der Waals surface area contributed by atoms with Gasteiger partial charge in [0.15, 0.2) is 0 Å². The number of aromatic nitrogens is 2. The quantitative estimate of drug-likeness (QED) is 0.871. The van der Waals surface area contributed by atoms with Crippen molar-refractivity contribution in [2.75, 3.05) is 4.72 Å². The Labute approximate surface area is 111 Å². The van der Waals surface area contributed by atoms with Gasteiger partial charge in [-0.3, -0.25) is 14.7 Å². The lowest BCUT2D eigenvalue weighted by Gasteiger charge is -2.09. The van der Waals surface area contributed by atoms with Crippen LogP contribution in [0.5, 0.6) is 0 Å². The number of nitrogens with zero attached hydrogens (tertiary/aromatic N) is 2. The highest BCUT2D eigenvalue weighted by Crippen LogP contribution is 2.17. The maximum atomic E-state index is 12.1. The molecule has 19 heavy (non-hydrogen) atoms. The minimum Gasteiger partial charge on any atom is -0.325 e. The predicted molar refractivity (Wildman–Crippen MR) is 71.9 cm³/mol. The van der Waals surface area contributed by atoms with E-state index in [1.54, 1.807) is 25.3 Å². The third kappa shape index (κ3) is 3.07. The van der Waals surface area contributed by atoms with E-state index >= 15 is 0 Å². The van der Waals surface area contributed by atoms with Crippen molar-refractivity contribution in [2.45, 2.75) is 18.4 Å². The molecule has 2 rings (SSSR count). The molecule has 3 N–H and O–H groups in total. The molecule has 0 aliphatic rings. The van der Waals surface area contributed by atoms with Gasteiger partial charge >= 0.3 is 0 Å². The van der Waals surface area contributed by atoms with Crippen LogP contribution in [-0.4, -0.2) is 18.4 Å². The summed E-state index contributed by atoms with van der Waals surface area (Å²) < 4.78 is 26.8. The number of hydrogen-bond donors (Lipinski definition) is 2. The zero-order valence-corrected chi connectivity index (χ0v) is 11.2. The Morgan fingerprint density at radius 2 is 2.05 bits per heavy atom. The fourth-order valence-corrected chi connectivity index (χ4v) is 2.52. The van der Waals surface area contributed by atoms with Crippen molar-refractivity contribution in [1.29, 1.82) is 0 Å². The predicted octanol–water partition coefficient (Wildman–Crippen LogP) is 1.04. The van der Waals surface area contributed by atoms with Crippen molar-refractivity contribution < 1.29 is 8.42 Å². The van der Waals surface area contributed by atoms with Crippen LogP contribution in [0.4, 0.5) is 5.69 Å². The molecule has 0 aliphatic carbocycles. The summed E-state index contributed by atoms with van der Waals surface area (Å²) in [6, 6.07) is 4.79. The Morgan fingerprint density at radius 3 is 2.63 bits per heavy atom. The molecule has 0 aromatic carbocycles. The van der Waals surface area contributed by atoms with Crippen LogP contribution in [0.3, 0.4) is 0 Å². The zero-order chi connectivity index (χ0) is 13.9. The molecule has 0 bridgehead atoms. The van der Waals surface area contributed by atoms with E-state index in [9.17, 15) is 8.42 Å². The molecule has 0 spiro atoms. The van der Waals surface area contributed by atoms with Crippen LogP contribution in [0.15, 0.2) is 41.7 Å². The lowest BCUT2D eigenvalue weighted by molar-refractivity contribution is 0.600. The van der Waals surface area contributed by atoms with Gasteiger partial charge in [-0.05, 0) is 30.7 Å². The van der Waals surface area contributed by atoms with Crippen molar-refractivity contribution in [1.82, 2.24) is 9.97 Å². The van der Waals surface area contributed by atoms with Crippen molar-refractivity contribution in [3.63, 3.8) is 0 Å². The molecule has 0 saturated carbocycles. The van der Waals surface area contributed by atoms with Gasteiger partial charge < -0.3 is 5.73 Å². The maximum Gasteiger partial charge on any atom is 0.263 e. The first-order valence-electron chi connectivity index (χ1n) is 5.61. The van der Waals surface area contributed by atoms with E-state index in [0.29, 0.717) is 11.4 Å². The molecular formula is C12H14N4O2S. The monoisotopic (exact) mass is 278 g/mol. The summed E-state index contributed by atoms with van der Waals surface area (Å²) in [5, 5.41) is 0. The Morgan fingerprint density at radius 1 is 1.26 bits per heavy atom. The number of hydrogen-bond acceptors (Lipinski definition) is 5. The van der Waals surface area contributed by atoms with Crippen LogP contribution in [-0.2, 0) is 16.6 Å². The molecule has 2 aromatic rings. The largest absolute Gasteiger partial charge is 0.325 e. The van der Waals surface area contributed by atoms with Gasteiger partial charge in [0, 0.05) is 18.9 Å². The van der Waals surface area contributed by atoms with Gasteiger partial charge in [-0.15, -0.1) is 0 Å². The molecule has 0 amide bonds. The highest BCUT2D eigenvalue weighted by atomic mass is 32.2. The number of sulfonamides is 1. The SMILES string of the molecule is Cc1ccncc1NS(=O)(=O)c1ccc(CN)nc1. The first kappa shape index (κ1) is 13.4. The molecule has 0 aliphatic heterocycles. The van der Waals surface area contributed by atoms with Crippen LogP contribution >= 0.6 is 0 Å². The molecule has 6 nitrogen and oxygen atoms in total. The van der Waals surface area contributed by atoms with Gasteiger partial charge in [0.05, 0.1) is 17.6 Å². The average molecular weight is 278 g/mol. The third-order valence-corrected chi connectivity index (χ3v) is 3.95. The summed E-state index contributed by atoms with van der Waals surface area (Å²) in [5.74, 6) is 0. The highest BCUT2D eigenvalue weighted by molar-refractivity contribution is 7.92. The van der Waals surface area contributed by atoms with E-state index in [4.69, 9.17) is 5.73 Å². The molecule has 0 radical (unpaired) electrons. The van der Waals surface area contributed by atoms with Gasteiger partial charge in [0.1, 0.15) is 4.90 Å². The van der Waals surface area contributed by atoms with Crippen molar-refractivity contribution >= 4 is 15.7 Å². The molecule has 0 saturated heterocycles. The molecular weight excluding hydrogens is 264 g/mol. The summed E-state index contributed by atoms with van der Waals surface area (Å²) in [5.41, 5.74) is 7.30. The molecule has 7 heteroatoms. The summed E-state index contributed by atoms with van der Waals surface area (Å²) in [4.78, 5) is 7.95. The fraction of sp³-hybridized carbons (Fsp3) is 0.167. The fourth-order valence-electron chi connectivity index (χ4n) is 1.47. The smallest absolute Gasteiger partial charge is 0.263 e. The molecule has 100 valence electrons. The number of nitrogens with two attached hydrogens (primary N) is 1. The van der Waals surface area contributed by atoms with Crippen LogP contribution in [0.25, 0.3) is 0 Å². The molecule has 2 heterocycles. The summed E-state index contributed by atoms with van der Waals surface area (Å²) in [6.45, 7) is 2.07. The lowest BCUT2D eigenvalue weighted by atomic mass is 10.3. The summed E-state index contributed by atoms with van der Waals surface area (Å²) >= 11 is 0. The zero-order valence-electron chi connectivity index (χ0n) is 10.4. The average Bonchev–Trinajstić information content (AvgIpc) is 2.41. The summed E-state index contributed by atoms with van der Waals surface area (Å²) in [7, 11) is -3.65. The van der Waals surface area contributed by atoms with Gasteiger partial charge in [-0.25, -0.2) is 8.42 Å². The van der Waals surface area contributed by atoms with Crippen LogP contribution < -0.4 is 10.5 Å². The van der Waals surface area contributed by atoms with Gasteiger partial charge in [0.25, 0.3) is 10.0 Å². The number of rotatable bonds is 4. The van der Waals surface area contributed by atoms with E-state index in [1.807, 2.05) is 0 Å². The van der Waals surface area contributed by atoms with Crippen molar-refractivity contribution in [3.8, 4) is 0 Å². The van der Waals surface area contributed by atoms with Crippen LogP contribution in [0.1, 0.15) is 11.3 Å². The molecule has 0 atom stereocenters. The van der Waals surface area contributed by atoms with Crippen molar-refractivity contribution in [3.05, 3.63) is 48.0 Å². The first-order chi connectivity index (χ1) is 9.03. The van der Waals surface area contributed by atoms with Gasteiger partial charge in [-0.1, -0.05) is 0 Å². The number of pyridine rings is 2. The Balaban J connectivity index is 2.30. The summed E-state index contributed by atoms with van der Waals surface area (Å²) in [6.07, 6.45) is 4.36. The standard InChI is InChI=1S/C12H14N4O2S/c1-9-4-5-14-8-12(9)16-19(17,18)11-3-2-10(6-13)15-7-11/h2-5,7-8,16H,6,13H2,1H3. The topological polar surface area (TPSA) is 98.0 Å². The number of nitrogens with one attached hydrogen (secondary N) is 1. The van der Waals surface area contributed by atoms with Gasteiger partial charge in [-0.2, -0.15) is 0 Å². The van der Waals surface area contributed by atoms with Crippen molar-refractivity contribution in [2.24, 2.45) is 5.73 Å². The highest BCUT2D eigenvalue weighted by Gasteiger charge is 2.15. The Hall–Kier alpha value is -1.99. The normalized spacial score (nSPS) is 11.3. The second-order valence-electron chi connectivity index (χ2n) is 3.99. The first-order valence-corrected chi connectivity index (χ1v) is 7.09. The number of aryl methyl sites for hydroxylation is 1. The van der Waals surface area contributed by atoms with Gasteiger partial charge in [0.2, 0.25) is 0 Å². The van der Waals surface area contributed by atoms with E-state index < -0.39 is 10.0 Å². The van der Waals surface area contributed by atoms with Crippen LogP contribution in [0.2, 0.25) is 0 Å². The third-order valence-electron chi connectivity index (χ3n) is 2.60. The maximum absolute atomic E-state index is 12.1. The van der Waals surface area contributed by atoms with E-state index in [1.165, 1.54) is 18.5 Å². The Kier molecular flexibility index (Phi) is 3.77. The molecule has 0 fully saturated rings. The minimum absolute atomic E-state index is 0.0907. The van der Waals surface area contributed by atoms with E-state index in [2.05, 4.69) is 14.7 Å². The molecule has 2 aromatic heterocycles.